The zero-order valence-electron chi connectivity index (χ0n) is 19.0. The molecule has 0 aliphatic heterocycles. The summed E-state index contributed by atoms with van der Waals surface area (Å²) in [6.45, 7) is 2.26. The molecule has 2 aromatic heterocycles. The molecule has 0 spiro atoms. The van der Waals surface area contributed by atoms with Gasteiger partial charge in [-0.3, -0.25) is 0 Å². The lowest BCUT2D eigenvalue weighted by Crippen LogP contribution is -2.17. The van der Waals surface area contributed by atoms with Gasteiger partial charge in [0.15, 0.2) is 0 Å². The second kappa shape index (κ2) is 11.3. The van der Waals surface area contributed by atoms with Gasteiger partial charge in [0.25, 0.3) is 0 Å². The zero-order valence-corrected chi connectivity index (χ0v) is 20.6. The van der Waals surface area contributed by atoms with E-state index in [1.165, 1.54) is 70.6 Å². The van der Waals surface area contributed by atoms with Crippen molar-refractivity contribution in [1.29, 1.82) is 0 Å². The molecule has 2 N–H and O–H groups in total. The third-order valence-electron chi connectivity index (χ3n) is 7.36. The van der Waals surface area contributed by atoms with Gasteiger partial charge < -0.3 is 10.6 Å². The fourth-order valence-corrected chi connectivity index (χ4v) is 8.09. The summed E-state index contributed by atoms with van der Waals surface area (Å²) < 4.78 is 0. The molecule has 0 aromatic carbocycles. The Labute approximate surface area is 191 Å². The fourth-order valence-electron chi connectivity index (χ4n) is 5.70. The highest BCUT2D eigenvalue weighted by Crippen LogP contribution is 2.39. The lowest BCUT2D eigenvalue weighted by Gasteiger charge is -2.16. The molecule has 2 aliphatic carbocycles. The maximum absolute atomic E-state index is 3.47. The van der Waals surface area contributed by atoms with Crippen LogP contribution in [0.4, 0.5) is 0 Å². The highest BCUT2D eigenvalue weighted by atomic mass is 32.1. The number of aryl methyl sites for hydroxylation is 2. The van der Waals surface area contributed by atoms with Crippen molar-refractivity contribution in [3.8, 4) is 0 Å². The van der Waals surface area contributed by atoms with Crippen molar-refractivity contribution < 1.29 is 0 Å². The van der Waals surface area contributed by atoms with Gasteiger partial charge in [0, 0.05) is 27.7 Å². The number of likely N-dealkylation sites (N-methyl/N-ethyl adjacent to an activating group) is 2. The first-order valence-corrected chi connectivity index (χ1v) is 13.9. The van der Waals surface area contributed by atoms with Gasteiger partial charge in [-0.1, -0.05) is 19.3 Å². The Balaban J connectivity index is 1.42. The van der Waals surface area contributed by atoms with Gasteiger partial charge in [-0.05, 0) is 112 Å². The Morgan fingerprint density at radius 1 is 0.900 bits per heavy atom. The Morgan fingerprint density at radius 3 is 2.53 bits per heavy atom. The van der Waals surface area contributed by atoms with Crippen LogP contribution in [-0.2, 0) is 19.3 Å². The second-order valence-electron chi connectivity index (χ2n) is 9.54. The molecular formula is C26H40N2S2. The van der Waals surface area contributed by atoms with E-state index in [9.17, 15) is 0 Å². The largest absolute Gasteiger partial charge is 0.319 e. The molecule has 2 unspecified atom stereocenters. The fraction of sp³-hybridized carbons (Fsp3) is 0.692. The Hall–Kier alpha value is -0.680. The third kappa shape index (κ3) is 5.56. The average molecular weight is 445 g/mol. The van der Waals surface area contributed by atoms with E-state index in [4.69, 9.17) is 0 Å². The van der Waals surface area contributed by atoms with Crippen molar-refractivity contribution >= 4 is 22.7 Å². The van der Waals surface area contributed by atoms with Gasteiger partial charge >= 0.3 is 0 Å². The highest BCUT2D eigenvalue weighted by molar-refractivity contribution is 7.12. The van der Waals surface area contributed by atoms with E-state index in [-0.39, 0.29) is 0 Å². The molecule has 0 radical (unpaired) electrons. The molecule has 4 rings (SSSR count). The summed E-state index contributed by atoms with van der Waals surface area (Å²) in [7, 11) is 4.21. The summed E-state index contributed by atoms with van der Waals surface area (Å²) in [6.07, 6.45) is 15.0. The molecule has 0 fully saturated rings. The average Bonchev–Trinajstić information content (AvgIpc) is 3.34. The monoisotopic (exact) mass is 444 g/mol. The maximum Gasteiger partial charge on any atom is 0.00834 e. The standard InChI is InChI=1S/C26H40N2S2/c1-27-17-20-7-5-3-4-6-8-25-24(20)16-22(30-25)12-10-19-9-11-21(18-28-2)23-13-14-29-26(23)15-19/h13-14,16,19-21,27-28H,3-12,15,17-18H2,1-2H3/t19?,20?,21-/m0/s1. The number of rotatable bonds is 7. The summed E-state index contributed by atoms with van der Waals surface area (Å²) in [5, 5.41) is 9.21. The van der Waals surface area contributed by atoms with Crippen LogP contribution in [0.25, 0.3) is 0 Å². The number of hydrogen-bond donors (Lipinski definition) is 2. The SMILES string of the molecule is CNCC1CCCCCCc2sc(CCC3CC[C@@H](CNC)c4ccsc4C3)cc21. The maximum atomic E-state index is 3.47. The molecule has 2 aliphatic rings. The van der Waals surface area contributed by atoms with E-state index < -0.39 is 0 Å². The first-order chi connectivity index (χ1) is 14.8. The minimum Gasteiger partial charge on any atom is -0.319 e. The third-order valence-corrected chi connectivity index (χ3v) is 9.59. The van der Waals surface area contributed by atoms with Crippen LogP contribution >= 0.6 is 22.7 Å². The highest BCUT2D eigenvalue weighted by Gasteiger charge is 2.25. The van der Waals surface area contributed by atoms with Crippen molar-refractivity contribution in [2.45, 2.75) is 82.5 Å². The van der Waals surface area contributed by atoms with E-state index >= 15 is 0 Å². The molecule has 0 amide bonds. The Kier molecular flexibility index (Phi) is 8.45. The topological polar surface area (TPSA) is 24.1 Å². The lowest BCUT2D eigenvalue weighted by molar-refractivity contribution is 0.428. The van der Waals surface area contributed by atoms with E-state index in [1.807, 2.05) is 11.3 Å². The van der Waals surface area contributed by atoms with Gasteiger partial charge in [-0.25, -0.2) is 0 Å². The Bertz CT molecular complexity index is 778. The lowest BCUT2D eigenvalue weighted by atomic mass is 9.91. The molecule has 30 heavy (non-hydrogen) atoms. The van der Waals surface area contributed by atoms with E-state index in [0.717, 1.165) is 24.9 Å². The van der Waals surface area contributed by atoms with Crippen LogP contribution in [0, 0.1) is 5.92 Å². The summed E-state index contributed by atoms with van der Waals surface area (Å²) >= 11 is 4.15. The summed E-state index contributed by atoms with van der Waals surface area (Å²) in [5.74, 6) is 2.29. The first-order valence-electron chi connectivity index (χ1n) is 12.3. The molecule has 3 atom stereocenters. The summed E-state index contributed by atoms with van der Waals surface area (Å²) in [6, 6.07) is 5.01. The van der Waals surface area contributed by atoms with Gasteiger partial charge in [0.2, 0.25) is 0 Å². The molecule has 2 aromatic rings. The molecule has 2 heterocycles. The molecule has 0 saturated carbocycles. The van der Waals surface area contributed by atoms with E-state index in [1.54, 1.807) is 25.8 Å². The molecule has 2 nitrogen and oxygen atoms in total. The smallest absolute Gasteiger partial charge is 0.00834 e. The minimum atomic E-state index is 0.717. The summed E-state index contributed by atoms with van der Waals surface area (Å²) in [5.41, 5.74) is 3.34. The van der Waals surface area contributed by atoms with Gasteiger partial charge in [0.05, 0.1) is 0 Å². The zero-order chi connectivity index (χ0) is 20.8. The predicted molar refractivity (Wildman–Crippen MR) is 134 cm³/mol. The van der Waals surface area contributed by atoms with Gasteiger partial charge in [0.1, 0.15) is 0 Å². The van der Waals surface area contributed by atoms with Crippen LogP contribution < -0.4 is 10.6 Å². The van der Waals surface area contributed by atoms with Crippen LogP contribution in [0.5, 0.6) is 0 Å². The van der Waals surface area contributed by atoms with Gasteiger partial charge in [-0.2, -0.15) is 0 Å². The molecule has 4 heteroatoms. The number of hydrogen-bond acceptors (Lipinski definition) is 4. The van der Waals surface area contributed by atoms with Crippen LogP contribution in [0.1, 0.15) is 89.0 Å². The number of nitrogens with one attached hydrogen (secondary N) is 2. The first kappa shape index (κ1) is 22.5. The number of thiophene rings is 2. The predicted octanol–water partition coefficient (Wildman–Crippen LogP) is 6.51. The number of fused-ring (bicyclic) bond motifs is 2. The van der Waals surface area contributed by atoms with Crippen molar-refractivity contribution in [1.82, 2.24) is 10.6 Å². The van der Waals surface area contributed by atoms with E-state index in [0.29, 0.717) is 5.92 Å². The normalized spacial score (nSPS) is 24.9. The van der Waals surface area contributed by atoms with Crippen molar-refractivity contribution in [2.75, 3.05) is 27.2 Å². The molecule has 166 valence electrons. The Morgan fingerprint density at radius 2 is 1.70 bits per heavy atom. The summed E-state index contributed by atoms with van der Waals surface area (Å²) in [4.78, 5) is 5.04. The van der Waals surface area contributed by atoms with Crippen molar-refractivity contribution in [3.05, 3.63) is 43.3 Å². The van der Waals surface area contributed by atoms with E-state index in [2.05, 4.69) is 53.6 Å². The van der Waals surface area contributed by atoms with Crippen molar-refractivity contribution in [3.63, 3.8) is 0 Å². The van der Waals surface area contributed by atoms with Crippen LogP contribution in [-0.4, -0.2) is 27.2 Å². The second-order valence-corrected chi connectivity index (χ2v) is 11.8. The molecule has 0 bridgehead atoms. The van der Waals surface area contributed by atoms with Crippen LogP contribution in [0.15, 0.2) is 17.5 Å². The van der Waals surface area contributed by atoms with Crippen LogP contribution in [0.2, 0.25) is 0 Å². The van der Waals surface area contributed by atoms with Crippen LogP contribution in [0.3, 0.4) is 0 Å². The quantitative estimate of drug-likeness (QED) is 0.476. The van der Waals surface area contributed by atoms with Crippen molar-refractivity contribution in [2.24, 2.45) is 5.92 Å². The van der Waals surface area contributed by atoms with Gasteiger partial charge in [-0.15, -0.1) is 22.7 Å². The minimum absolute atomic E-state index is 0.717. The molecular weight excluding hydrogens is 404 g/mol. The molecule has 0 saturated heterocycles.